The number of hydrogen-bond donors (Lipinski definition) is 2. The summed E-state index contributed by atoms with van der Waals surface area (Å²) in [6, 6.07) is 14.7. The Balaban J connectivity index is 1.39. The van der Waals surface area contributed by atoms with Crippen molar-refractivity contribution in [3.05, 3.63) is 75.7 Å². The topological polar surface area (TPSA) is 79.9 Å². The molecule has 2 aliphatic rings. The molecule has 5 rings (SSSR count). The number of benzene rings is 2. The third-order valence-corrected chi connectivity index (χ3v) is 7.56. The molecular weight excluding hydrogens is 462 g/mol. The van der Waals surface area contributed by atoms with E-state index < -0.39 is 12.1 Å². The van der Waals surface area contributed by atoms with Gasteiger partial charge in [0.1, 0.15) is 11.2 Å². The summed E-state index contributed by atoms with van der Waals surface area (Å²) < 4.78 is 11.4. The molecule has 0 saturated heterocycles. The molecule has 0 radical (unpaired) electrons. The zero-order valence-corrected chi connectivity index (χ0v) is 20.9. The molecule has 1 unspecified atom stereocenters. The number of esters is 1. The van der Waals surface area contributed by atoms with Gasteiger partial charge in [0.05, 0.1) is 17.7 Å². The first-order valence-electron chi connectivity index (χ1n) is 11.9. The minimum absolute atomic E-state index is 0.0585. The standard InChI is InChI=1S/C27H29N3O4S/c1-4-33-21-14-18(10-11-20(21)34-27(32)17-8-6-5-7-9-17)24-28-25(31)23-19-12-13-30(16(2)3)15-22(19)35-26(23)29-24/h5-11,14,16,24,29H,4,12-13,15H2,1-3H3,(H,28,31). The quantitative estimate of drug-likeness (QED) is 0.374. The van der Waals surface area contributed by atoms with Gasteiger partial charge in [-0.3, -0.25) is 9.69 Å². The van der Waals surface area contributed by atoms with Crippen molar-refractivity contribution >= 4 is 28.2 Å². The van der Waals surface area contributed by atoms with Crippen LogP contribution in [0.3, 0.4) is 0 Å². The maximum absolute atomic E-state index is 13.1. The molecule has 2 aliphatic heterocycles. The smallest absolute Gasteiger partial charge is 0.343 e. The lowest BCUT2D eigenvalue weighted by atomic mass is 9.99. The molecule has 1 atom stereocenters. The number of carbonyl (C=O) groups is 2. The number of rotatable bonds is 6. The van der Waals surface area contributed by atoms with Gasteiger partial charge in [-0.2, -0.15) is 0 Å². The van der Waals surface area contributed by atoms with Gasteiger partial charge in [0.2, 0.25) is 0 Å². The van der Waals surface area contributed by atoms with Gasteiger partial charge in [0.25, 0.3) is 5.91 Å². The molecule has 182 valence electrons. The Morgan fingerprint density at radius 2 is 1.94 bits per heavy atom. The second-order valence-corrected chi connectivity index (χ2v) is 10.1. The molecule has 0 saturated carbocycles. The number of carbonyl (C=O) groups excluding carboxylic acids is 2. The Labute approximate surface area is 209 Å². The summed E-state index contributed by atoms with van der Waals surface area (Å²) in [5.41, 5.74) is 3.24. The molecule has 1 amide bonds. The van der Waals surface area contributed by atoms with E-state index in [1.54, 1.807) is 41.7 Å². The Kier molecular flexibility index (Phi) is 6.49. The van der Waals surface area contributed by atoms with Gasteiger partial charge >= 0.3 is 5.97 Å². The number of thiophene rings is 1. The normalized spacial score (nSPS) is 17.3. The van der Waals surface area contributed by atoms with Crippen molar-refractivity contribution in [2.45, 2.75) is 45.9 Å². The lowest BCUT2D eigenvalue weighted by Crippen LogP contribution is -2.39. The van der Waals surface area contributed by atoms with Crippen LogP contribution in [0.4, 0.5) is 5.00 Å². The van der Waals surface area contributed by atoms with Crippen molar-refractivity contribution in [1.82, 2.24) is 10.2 Å². The fraction of sp³-hybridized carbons (Fsp3) is 0.333. The van der Waals surface area contributed by atoms with E-state index in [-0.39, 0.29) is 5.91 Å². The minimum Gasteiger partial charge on any atom is -0.490 e. The highest BCUT2D eigenvalue weighted by atomic mass is 32.1. The Bertz CT molecular complexity index is 1250. The van der Waals surface area contributed by atoms with E-state index in [0.29, 0.717) is 29.7 Å². The van der Waals surface area contributed by atoms with E-state index in [1.165, 1.54) is 10.4 Å². The lowest BCUT2D eigenvalue weighted by Gasteiger charge is -2.31. The van der Waals surface area contributed by atoms with Crippen LogP contribution in [0, 0.1) is 0 Å². The number of nitrogens with zero attached hydrogens (tertiary/aromatic N) is 1. The van der Waals surface area contributed by atoms with Gasteiger partial charge in [-0.05, 0) is 62.6 Å². The molecule has 1 aromatic heterocycles. The molecule has 2 aromatic carbocycles. The van der Waals surface area contributed by atoms with Gasteiger partial charge in [-0.1, -0.05) is 24.3 Å². The highest BCUT2D eigenvalue weighted by Crippen LogP contribution is 2.42. The van der Waals surface area contributed by atoms with E-state index in [2.05, 4.69) is 29.4 Å². The van der Waals surface area contributed by atoms with Crippen LogP contribution in [-0.4, -0.2) is 36.0 Å². The molecule has 8 heteroatoms. The van der Waals surface area contributed by atoms with Gasteiger partial charge in [0, 0.05) is 24.0 Å². The first kappa shape index (κ1) is 23.4. The predicted molar refractivity (Wildman–Crippen MR) is 136 cm³/mol. The summed E-state index contributed by atoms with van der Waals surface area (Å²) >= 11 is 1.67. The monoisotopic (exact) mass is 491 g/mol. The van der Waals surface area contributed by atoms with Crippen molar-refractivity contribution in [3.63, 3.8) is 0 Å². The first-order valence-corrected chi connectivity index (χ1v) is 12.8. The third kappa shape index (κ3) is 4.63. The van der Waals surface area contributed by atoms with E-state index in [1.807, 2.05) is 25.1 Å². The lowest BCUT2D eigenvalue weighted by molar-refractivity contribution is 0.0728. The van der Waals surface area contributed by atoms with Crippen molar-refractivity contribution in [2.24, 2.45) is 0 Å². The predicted octanol–water partition coefficient (Wildman–Crippen LogP) is 4.99. The van der Waals surface area contributed by atoms with Crippen LogP contribution in [-0.2, 0) is 13.0 Å². The molecule has 2 N–H and O–H groups in total. The van der Waals surface area contributed by atoms with E-state index >= 15 is 0 Å². The summed E-state index contributed by atoms with van der Waals surface area (Å²) in [6.45, 7) is 8.54. The Morgan fingerprint density at radius 3 is 2.69 bits per heavy atom. The van der Waals surface area contributed by atoms with Crippen LogP contribution in [0.2, 0.25) is 0 Å². The summed E-state index contributed by atoms with van der Waals surface area (Å²) in [5.74, 6) is 0.284. The summed E-state index contributed by atoms with van der Waals surface area (Å²) in [4.78, 5) is 29.4. The Morgan fingerprint density at radius 1 is 1.14 bits per heavy atom. The molecule has 3 aromatic rings. The summed E-state index contributed by atoms with van der Waals surface area (Å²) in [6.07, 6.45) is 0.476. The van der Waals surface area contributed by atoms with Crippen LogP contribution >= 0.6 is 11.3 Å². The van der Waals surface area contributed by atoms with Gasteiger partial charge < -0.3 is 20.1 Å². The maximum Gasteiger partial charge on any atom is 0.343 e. The fourth-order valence-corrected chi connectivity index (χ4v) is 5.83. The molecule has 35 heavy (non-hydrogen) atoms. The SMILES string of the molecule is CCOc1cc(C2NC(=O)c3c(sc4c3CCN(C(C)C)C4)N2)ccc1OC(=O)c1ccccc1. The number of amides is 1. The van der Waals surface area contributed by atoms with E-state index in [9.17, 15) is 9.59 Å². The average molecular weight is 492 g/mol. The third-order valence-electron chi connectivity index (χ3n) is 6.41. The molecular formula is C27H29N3O4S. The van der Waals surface area contributed by atoms with Crippen molar-refractivity contribution in [2.75, 3.05) is 18.5 Å². The second-order valence-electron chi connectivity index (χ2n) is 8.97. The average Bonchev–Trinajstić information content (AvgIpc) is 3.24. The fourth-order valence-electron chi connectivity index (χ4n) is 4.53. The van der Waals surface area contributed by atoms with Crippen LogP contribution in [0.5, 0.6) is 11.5 Å². The van der Waals surface area contributed by atoms with Crippen molar-refractivity contribution in [1.29, 1.82) is 0 Å². The number of nitrogens with one attached hydrogen (secondary N) is 2. The van der Waals surface area contributed by atoms with E-state index in [4.69, 9.17) is 9.47 Å². The molecule has 0 bridgehead atoms. The van der Waals surface area contributed by atoms with Crippen LogP contribution in [0.25, 0.3) is 0 Å². The largest absolute Gasteiger partial charge is 0.490 e. The van der Waals surface area contributed by atoms with Gasteiger partial charge in [-0.15, -0.1) is 11.3 Å². The summed E-state index contributed by atoms with van der Waals surface area (Å²) in [5, 5.41) is 7.51. The molecule has 0 aliphatic carbocycles. The highest BCUT2D eigenvalue weighted by molar-refractivity contribution is 7.16. The van der Waals surface area contributed by atoms with Crippen LogP contribution in [0.1, 0.15) is 63.7 Å². The van der Waals surface area contributed by atoms with Gasteiger partial charge in [-0.25, -0.2) is 4.79 Å². The molecule has 0 fully saturated rings. The van der Waals surface area contributed by atoms with Crippen molar-refractivity contribution < 1.29 is 19.1 Å². The number of ether oxygens (including phenoxy) is 2. The highest BCUT2D eigenvalue weighted by Gasteiger charge is 2.34. The Hall–Kier alpha value is -3.36. The van der Waals surface area contributed by atoms with Crippen LogP contribution < -0.4 is 20.1 Å². The van der Waals surface area contributed by atoms with Gasteiger partial charge in [0.15, 0.2) is 11.5 Å². The second kappa shape index (κ2) is 9.71. The van der Waals surface area contributed by atoms with E-state index in [0.717, 1.165) is 35.6 Å². The van der Waals surface area contributed by atoms with Crippen LogP contribution in [0.15, 0.2) is 48.5 Å². The zero-order valence-electron chi connectivity index (χ0n) is 20.1. The number of fused-ring (bicyclic) bond motifs is 3. The number of anilines is 1. The number of hydrogen-bond acceptors (Lipinski definition) is 7. The maximum atomic E-state index is 13.1. The minimum atomic E-state index is -0.451. The molecule has 7 nitrogen and oxygen atoms in total. The zero-order chi connectivity index (χ0) is 24.5. The molecule has 3 heterocycles. The first-order chi connectivity index (χ1) is 16.9. The van der Waals surface area contributed by atoms with Crippen molar-refractivity contribution in [3.8, 4) is 11.5 Å². The molecule has 0 spiro atoms. The summed E-state index contributed by atoms with van der Waals surface area (Å²) in [7, 11) is 0.